The van der Waals surface area contributed by atoms with Crippen molar-refractivity contribution in [2.24, 2.45) is 0 Å². The maximum Gasteiger partial charge on any atom is 0.137 e. The second-order valence-electron chi connectivity index (χ2n) is 4.01. The van der Waals surface area contributed by atoms with Crippen LogP contribution in [0.15, 0.2) is 24.4 Å². The number of rotatable bonds is 4. The fourth-order valence-electron chi connectivity index (χ4n) is 1.70. The molecule has 1 atom stereocenters. The van der Waals surface area contributed by atoms with Crippen molar-refractivity contribution in [1.82, 2.24) is 10.3 Å². The molecule has 0 aliphatic carbocycles. The molecule has 2 rings (SSSR count). The van der Waals surface area contributed by atoms with Gasteiger partial charge < -0.3 is 10.4 Å². The third-order valence-corrected chi connectivity index (χ3v) is 3.86. The van der Waals surface area contributed by atoms with Crippen molar-refractivity contribution in [2.75, 3.05) is 6.54 Å². The van der Waals surface area contributed by atoms with Crippen molar-refractivity contribution in [3.63, 3.8) is 0 Å². The lowest BCUT2D eigenvalue weighted by molar-refractivity contribution is 0.469. The number of hydrogen-bond acceptors (Lipinski definition) is 4. The molecule has 1 aromatic carbocycles. The van der Waals surface area contributed by atoms with E-state index < -0.39 is 5.82 Å². The number of aromatic hydroxyl groups is 1. The molecule has 0 bridgehead atoms. The van der Waals surface area contributed by atoms with Crippen LogP contribution in [0.2, 0.25) is 0 Å². The summed E-state index contributed by atoms with van der Waals surface area (Å²) in [4.78, 5) is 5.31. The summed E-state index contributed by atoms with van der Waals surface area (Å²) in [6.07, 6.45) is 1.76. The highest BCUT2D eigenvalue weighted by Gasteiger charge is 2.13. The van der Waals surface area contributed by atoms with Gasteiger partial charge in [-0.1, -0.05) is 6.92 Å². The second kappa shape index (κ2) is 5.46. The lowest BCUT2D eigenvalue weighted by atomic mass is 10.2. The fraction of sp³-hybridized carbons (Fsp3) is 0.308. The van der Waals surface area contributed by atoms with E-state index in [-0.39, 0.29) is 11.8 Å². The molecule has 0 saturated heterocycles. The Balaban J connectivity index is 2.29. The highest BCUT2D eigenvalue weighted by molar-refractivity contribution is 7.15. The molecule has 0 saturated carbocycles. The number of phenols is 1. The average molecular weight is 266 g/mol. The molecule has 0 radical (unpaired) electrons. The minimum atomic E-state index is -0.452. The maximum absolute atomic E-state index is 13.7. The summed E-state index contributed by atoms with van der Waals surface area (Å²) in [6, 6.07) is 4.32. The van der Waals surface area contributed by atoms with E-state index in [1.807, 2.05) is 13.8 Å². The first-order valence-electron chi connectivity index (χ1n) is 5.79. The first-order chi connectivity index (χ1) is 8.61. The van der Waals surface area contributed by atoms with Crippen LogP contribution in [0, 0.1) is 5.82 Å². The quantitative estimate of drug-likeness (QED) is 0.892. The number of nitrogens with zero attached hydrogens (tertiary/aromatic N) is 1. The van der Waals surface area contributed by atoms with Gasteiger partial charge in [0.2, 0.25) is 0 Å². The largest absolute Gasteiger partial charge is 0.508 e. The summed E-state index contributed by atoms with van der Waals surface area (Å²) >= 11 is 1.46. The lowest BCUT2D eigenvalue weighted by Crippen LogP contribution is -2.16. The van der Waals surface area contributed by atoms with Gasteiger partial charge in [0.15, 0.2) is 0 Å². The Morgan fingerprint density at radius 2 is 2.28 bits per heavy atom. The predicted molar refractivity (Wildman–Crippen MR) is 71.3 cm³/mol. The van der Waals surface area contributed by atoms with Gasteiger partial charge in [0.1, 0.15) is 16.6 Å². The maximum atomic E-state index is 13.7. The van der Waals surface area contributed by atoms with Crippen molar-refractivity contribution in [3.8, 4) is 16.3 Å². The molecule has 18 heavy (non-hydrogen) atoms. The zero-order valence-electron chi connectivity index (χ0n) is 10.3. The molecule has 2 N–H and O–H groups in total. The van der Waals surface area contributed by atoms with Gasteiger partial charge >= 0.3 is 0 Å². The van der Waals surface area contributed by atoms with Gasteiger partial charge in [-0.3, -0.25) is 0 Å². The third-order valence-electron chi connectivity index (χ3n) is 2.64. The number of nitrogens with one attached hydrogen (secondary N) is 1. The Hall–Kier alpha value is -1.46. The van der Waals surface area contributed by atoms with Gasteiger partial charge in [0, 0.05) is 28.7 Å². The van der Waals surface area contributed by atoms with Crippen LogP contribution >= 0.6 is 11.3 Å². The molecular formula is C13H15FN2OS. The summed E-state index contributed by atoms with van der Waals surface area (Å²) in [5.74, 6) is -0.527. The first kappa shape index (κ1) is 13.0. The molecule has 2 aromatic rings. The van der Waals surface area contributed by atoms with E-state index >= 15 is 0 Å². The number of phenolic OH excluding ortho intramolecular Hbond substituents is 1. The minimum Gasteiger partial charge on any atom is -0.508 e. The molecule has 5 heteroatoms. The van der Waals surface area contributed by atoms with Gasteiger partial charge in [-0.05, 0) is 25.6 Å². The number of aromatic nitrogens is 1. The molecular weight excluding hydrogens is 251 g/mol. The summed E-state index contributed by atoms with van der Waals surface area (Å²) < 4.78 is 13.7. The summed E-state index contributed by atoms with van der Waals surface area (Å²) in [5.41, 5.74) is 0.424. The van der Waals surface area contributed by atoms with Crippen LogP contribution < -0.4 is 5.32 Å². The molecule has 1 unspecified atom stereocenters. The standard InChI is InChI=1S/C13H15FN2OS/c1-3-15-8(2)12-7-16-13(18-12)10-5-4-9(17)6-11(10)14/h4-8,15,17H,3H2,1-2H3. The average Bonchev–Trinajstić information content (AvgIpc) is 2.78. The Morgan fingerprint density at radius 1 is 1.50 bits per heavy atom. The van der Waals surface area contributed by atoms with Crippen LogP contribution in [0.5, 0.6) is 5.75 Å². The molecule has 3 nitrogen and oxygen atoms in total. The summed E-state index contributed by atoms with van der Waals surface area (Å²) in [7, 11) is 0. The molecule has 0 aliphatic heterocycles. The topological polar surface area (TPSA) is 45.2 Å². The number of benzene rings is 1. The van der Waals surface area contributed by atoms with Crippen LogP contribution in [0.1, 0.15) is 24.8 Å². The van der Waals surface area contributed by atoms with Crippen molar-refractivity contribution < 1.29 is 9.50 Å². The highest BCUT2D eigenvalue weighted by atomic mass is 32.1. The monoisotopic (exact) mass is 266 g/mol. The van der Waals surface area contributed by atoms with E-state index in [2.05, 4.69) is 10.3 Å². The summed E-state index contributed by atoms with van der Waals surface area (Å²) in [5, 5.41) is 13.1. The van der Waals surface area contributed by atoms with Gasteiger partial charge in [0.05, 0.1) is 0 Å². The Morgan fingerprint density at radius 3 is 2.94 bits per heavy atom. The van der Waals surface area contributed by atoms with Crippen LogP contribution in [-0.4, -0.2) is 16.6 Å². The number of hydrogen-bond donors (Lipinski definition) is 2. The SMILES string of the molecule is CCNC(C)c1cnc(-c2ccc(O)cc2F)s1. The van der Waals surface area contributed by atoms with Crippen molar-refractivity contribution in [1.29, 1.82) is 0 Å². The molecule has 0 amide bonds. The molecule has 0 aliphatic rings. The van der Waals surface area contributed by atoms with E-state index in [0.717, 1.165) is 17.5 Å². The highest BCUT2D eigenvalue weighted by Crippen LogP contribution is 2.31. The molecule has 0 fully saturated rings. The molecule has 1 heterocycles. The lowest BCUT2D eigenvalue weighted by Gasteiger charge is -2.08. The van der Waals surface area contributed by atoms with Crippen LogP contribution in [0.4, 0.5) is 4.39 Å². The van der Waals surface area contributed by atoms with Gasteiger partial charge in [-0.25, -0.2) is 9.37 Å². The molecule has 0 spiro atoms. The molecule has 1 aromatic heterocycles. The van der Waals surface area contributed by atoms with E-state index in [0.29, 0.717) is 10.6 Å². The number of thiazole rings is 1. The Labute approximate surface area is 109 Å². The van der Waals surface area contributed by atoms with Crippen LogP contribution in [0.3, 0.4) is 0 Å². The predicted octanol–water partition coefficient (Wildman–Crippen LogP) is 3.33. The smallest absolute Gasteiger partial charge is 0.137 e. The zero-order valence-corrected chi connectivity index (χ0v) is 11.1. The second-order valence-corrected chi connectivity index (χ2v) is 5.07. The zero-order chi connectivity index (χ0) is 13.1. The Kier molecular flexibility index (Phi) is 3.93. The van der Waals surface area contributed by atoms with Crippen molar-refractivity contribution in [2.45, 2.75) is 19.9 Å². The van der Waals surface area contributed by atoms with E-state index in [1.54, 1.807) is 12.3 Å². The van der Waals surface area contributed by atoms with E-state index in [9.17, 15) is 9.50 Å². The number of halogens is 1. The Bertz CT molecular complexity index is 542. The fourth-order valence-corrected chi connectivity index (χ4v) is 2.67. The third kappa shape index (κ3) is 2.68. The molecule has 96 valence electrons. The van der Waals surface area contributed by atoms with Crippen molar-refractivity contribution in [3.05, 3.63) is 35.1 Å². The van der Waals surface area contributed by atoms with Crippen molar-refractivity contribution >= 4 is 11.3 Å². The van der Waals surface area contributed by atoms with Gasteiger partial charge in [0.25, 0.3) is 0 Å². The normalized spacial score (nSPS) is 12.6. The van der Waals surface area contributed by atoms with E-state index in [1.165, 1.54) is 17.4 Å². The van der Waals surface area contributed by atoms with Gasteiger partial charge in [-0.2, -0.15) is 0 Å². The first-order valence-corrected chi connectivity index (χ1v) is 6.61. The van der Waals surface area contributed by atoms with E-state index in [4.69, 9.17) is 0 Å². The summed E-state index contributed by atoms with van der Waals surface area (Å²) in [6.45, 7) is 4.97. The van der Waals surface area contributed by atoms with Crippen LogP contribution in [0.25, 0.3) is 10.6 Å². The minimum absolute atomic E-state index is 0.0750. The van der Waals surface area contributed by atoms with Crippen LogP contribution in [-0.2, 0) is 0 Å². The van der Waals surface area contributed by atoms with Gasteiger partial charge in [-0.15, -0.1) is 11.3 Å².